The van der Waals surface area contributed by atoms with Gasteiger partial charge >= 0.3 is 12.1 Å². The molecule has 8 rings (SSSR count). The lowest BCUT2D eigenvalue weighted by atomic mass is 9.41. The molecule has 9 nitrogen and oxygen atoms in total. The summed E-state index contributed by atoms with van der Waals surface area (Å²) in [5.41, 5.74) is -0.357. The number of hydrogen-bond donors (Lipinski definition) is 1. The normalized spacial score (nSPS) is 38.1. The summed E-state index contributed by atoms with van der Waals surface area (Å²) in [5.74, 6) is 1.30. The maximum atomic E-state index is 14.2. The highest BCUT2D eigenvalue weighted by Gasteiger charge is 2.86. The van der Waals surface area contributed by atoms with Gasteiger partial charge in [0.25, 0.3) is 0 Å². The molecule has 0 aromatic heterocycles. The second kappa shape index (κ2) is 16.1. The van der Waals surface area contributed by atoms with Crippen LogP contribution in [0.2, 0.25) is 0 Å². The fourth-order valence-electron chi connectivity index (χ4n) is 14.2. The number of carboxylic acid groups (broad SMARTS) is 1. The molecule has 0 spiro atoms. The van der Waals surface area contributed by atoms with Crippen LogP contribution in [0.15, 0.2) is 42.0 Å². The van der Waals surface area contributed by atoms with E-state index in [9.17, 15) is 19.5 Å². The van der Waals surface area contributed by atoms with E-state index < -0.39 is 22.2 Å². The third-order valence-corrected chi connectivity index (χ3v) is 16.8. The second-order valence-electron chi connectivity index (χ2n) is 19.5. The number of benzene rings is 1. The number of rotatable bonds is 15. The van der Waals surface area contributed by atoms with Gasteiger partial charge in [-0.3, -0.25) is 14.6 Å². The second-order valence-corrected chi connectivity index (χ2v) is 19.5. The SMILES string of the molecule is CCN(CCOC(=O)N1CCN(CCc2ccccc2)CC1)C[C@@H]1O[C@@H](C23C[C@@H]4[C@H](C)CC[C@H]4C4(C=O)CC2C=C(C(C)C)[C@]43C(=O)O)C[C@@H]1CC1CCCC1. The minimum Gasteiger partial charge on any atom is -0.481 e. The molecule has 3 unspecified atom stereocenters. The summed E-state index contributed by atoms with van der Waals surface area (Å²) in [6, 6.07) is 10.6. The zero-order valence-electron chi connectivity index (χ0n) is 34.7. The molecule has 0 radical (unpaired) electrons. The van der Waals surface area contributed by atoms with Crippen molar-refractivity contribution in [2.45, 2.75) is 111 Å². The van der Waals surface area contributed by atoms with Crippen LogP contribution in [0.3, 0.4) is 0 Å². The van der Waals surface area contributed by atoms with E-state index in [2.05, 4.69) is 73.9 Å². The fraction of sp³-hybridized carbons (Fsp3) is 0.766. The minimum atomic E-state index is -1.21. The van der Waals surface area contributed by atoms with Crippen molar-refractivity contribution >= 4 is 18.3 Å². The van der Waals surface area contributed by atoms with Crippen LogP contribution < -0.4 is 0 Å². The van der Waals surface area contributed by atoms with Gasteiger partial charge in [-0.15, -0.1) is 0 Å². The first-order valence-corrected chi connectivity index (χ1v) is 22.6. The number of piperazine rings is 1. The summed E-state index contributed by atoms with van der Waals surface area (Å²) < 4.78 is 13.3. The van der Waals surface area contributed by atoms with Crippen molar-refractivity contribution < 1.29 is 29.0 Å². The quantitative estimate of drug-likeness (QED) is 0.144. The molecule has 4 bridgehead atoms. The Morgan fingerprint density at radius 1 is 1.05 bits per heavy atom. The van der Waals surface area contributed by atoms with E-state index in [1.165, 1.54) is 31.2 Å². The first-order valence-electron chi connectivity index (χ1n) is 22.6. The Morgan fingerprint density at radius 3 is 2.48 bits per heavy atom. The van der Waals surface area contributed by atoms with E-state index in [1.54, 1.807) is 0 Å². The Hall–Kier alpha value is -2.75. The van der Waals surface area contributed by atoms with Crippen molar-refractivity contribution in [2.24, 2.45) is 57.7 Å². The largest absolute Gasteiger partial charge is 0.481 e. The molecule has 308 valence electrons. The lowest BCUT2D eigenvalue weighted by Gasteiger charge is -2.60. The zero-order chi connectivity index (χ0) is 39.2. The van der Waals surface area contributed by atoms with E-state index in [4.69, 9.17) is 9.47 Å². The monoisotopic (exact) mass is 772 g/mol. The van der Waals surface area contributed by atoms with Crippen LogP contribution in [-0.4, -0.2) is 109 Å². The minimum absolute atomic E-state index is 0.0210. The van der Waals surface area contributed by atoms with E-state index in [0.717, 1.165) is 83.1 Å². The lowest BCUT2D eigenvalue weighted by Crippen LogP contribution is -2.65. The molecule has 4 saturated carbocycles. The van der Waals surface area contributed by atoms with Crippen molar-refractivity contribution in [3.05, 3.63) is 47.5 Å². The predicted molar refractivity (Wildman–Crippen MR) is 217 cm³/mol. The van der Waals surface area contributed by atoms with E-state index >= 15 is 0 Å². The Balaban J connectivity index is 0.955. The molecule has 2 heterocycles. The molecule has 2 saturated heterocycles. The highest BCUT2D eigenvalue weighted by Crippen LogP contribution is 2.84. The summed E-state index contributed by atoms with van der Waals surface area (Å²) in [4.78, 5) is 47.8. The molecule has 5 aliphatic carbocycles. The van der Waals surface area contributed by atoms with E-state index in [0.29, 0.717) is 56.3 Å². The van der Waals surface area contributed by atoms with E-state index in [-0.39, 0.29) is 36.1 Å². The molecular weight excluding hydrogens is 703 g/mol. The average molecular weight is 772 g/mol. The van der Waals surface area contributed by atoms with Gasteiger partial charge in [0, 0.05) is 51.2 Å². The standard InChI is InChI=1S/C47H69N3O6/c1-5-48(23-24-55-44(54)50-21-19-49(20-22-50)18-17-34-11-7-6-8-12-34)30-41-36(25-35-13-9-10-14-35)26-42(56-41)46-29-38-33(4)15-16-39(38)45(31-51)28-37(46)27-40(32(2)3)47(45,46)43(52)53/h6-8,11-12,27,31-33,35-39,41-42H,5,9-10,13-26,28-30H2,1-4H3,(H,52,53)/t33-,36+,37?,38-,39-,41+,42-,45?,46?,47+/m1/s1. The van der Waals surface area contributed by atoms with Gasteiger partial charge < -0.3 is 24.3 Å². The van der Waals surface area contributed by atoms with Crippen LogP contribution in [0.1, 0.15) is 97.5 Å². The van der Waals surface area contributed by atoms with Gasteiger partial charge in [0.05, 0.1) is 17.6 Å². The smallest absolute Gasteiger partial charge is 0.409 e. The number of carbonyl (C=O) groups excluding carboxylic acids is 2. The summed E-state index contributed by atoms with van der Waals surface area (Å²) in [6.45, 7) is 15.4. The third-order valence-electron chi connectivity index (χ3n) is 16.8. The predicted octanol–water partition coefficient (Wildman–Crippen LogP) is 7.58. The first kappa shape index (κ1) is 40.0. The van der Waals surface area contributed by atoms with Crippen LogP contribution in [-0.2, 0) is 25.5 Å². The molecule has 6 fully saturated rings. The van der Waals surface area contributed by atoms with Gasteiger partial charge in [-0.05, 0) is 92.1 Å². The maximum Gasteiger partial charge on any atom is 0.409 e. The molecule has 56 heavy (non-hydrogen) atoms. The number of aldehydes is 1. The Kier molecular flexibility index (Phi) is 11.5. The summed E-state index contributed by atoms with van der Waals surface area (Å²) in [6.07, 6.45) is 14.7. The molecule has 10 atom stereocenters. The number of carboxylic acids is 1. The van der Waals surface area contributed by atoms with E-state index in [1.807, 2.05) is 4.90 Å². The van der Waals surface area contributed by atoms with Gasteiger partial charge in [0.1, 0.15) is 18.3 Å². The Bertz CT molecular complexity index is 1600. The van der Waals surface area contributed by atoms with Gasteiger partial charge in [0.15, 0.2) is 0 Å². The molecule has 1 N–H and O–H groups in total. The number of carbonyl (C=O) groups is 3. The van der Waals surface area contributed by atoms with Crippen molar-refractivity contribution in [3.63, 3.8) is 0 Å². The van der Waals surface area contributed by atoms with Gasteiger partial charge in [0.2, 0.25) is 0 Å². The number of amides is 1. The van der Waals surface area contributed by atoms with Crippen LogP contribution in [0.5, 0.6) is 0 Å². The van der Waals surface area contributed by atoms with Crippen LogP contribution >= 0.6 is 0 Å². The topological polar surface area (TPSA) is 99.6 Å². The van der Waals surface area contributed by atoms with Crippen molar-refractivity contribution in [1.82, 2.24) is 14.7 Å². The fourth-order valence-corrected chi connectivity index (χ4v) is 14.2. The number of allylic oxidation sites excluding steroid dienone is 1. The molecular formula is C47H69N3O6. The first-order chi connectivity index (χ1) is 27.1. The molecule has 1 aromatic carbocycles. The average Bonchev–Trinajstić information content (AvgIpc) is 4.03. The van der Waals surface area contributed by atoms with Crippen molar-refractivity contribution in [1.29, 1.82) is 0 Å². The number of fused-ring (bicyclic) bond motifs is 2. The lowest BCUT2D eigenvalue weighted by molar-refractivity contribution is -0.197. The number of hydrogen-bond acceptors (Lipinski definition) is 7. The number of ether oxygens (including phenoxy) is 2. The molecule has 1 amide bonds. The zero-order valence-corrected chi connectivity index (χ0v) is 34.7. The van der Waals surface area contributed by atoms with Crippen molar-refractivity contribution in [3.8, 4) is 0 Å². The Morgan fingerprint density at radius 2 is 1.80 bits per heavy atom. The molecule has 7 aliphatic rings. The highest BCUT2D eigenvalue weighted by atomic mass is 16.6. The number of aliphatic carboxylic acids is 1. The van der Waals surface area contributed by atoms with Crippen molar-refractivity contribution in [2.75, 3.05) is 59.0 Å². The molecule has 1 aromatic rings. The summed E-state index contributed by atoms with van der Waals surface area (Å²) >= 11 is 0. The van der Waals surface area contributed by atoms with Gasteiger partial charge in [-0.1, -0.05) is 102 Å². The van der Waals surface area contributed by atoms with Crippen LogP contribution in [0, 0.1) is 57.7 Å². The van der Waals surface area contributed by atoms with Gasteiger partial charge in [-0.2, -0.15) is 0 Å². The summed E-state index contributed by atoms with van der Waals surface area (Å²) in [5, 5.41) is 11.7. The Labute approximate surface area is 335 Å². The molecule has 2 aliphatic heterocycles. The number of nitrogens with zero attached hydrogens (tertiary/aromatic N) is 3. The highest BCUT2D eigenvalue weighted by molar-refractivity contribution is 5.90. The summed E-state index contributed by atoms with van der Waals surface area (Å²) in [7, 11) is 0. The van der Waals surface area contributed by atoms with Crippen LogP contribution in [0.25, 0.3) is 0 Å². The number of likely N-dealkylation sites (N-methyl/N-ethyl adjacent to an activating group) is 1. The third kappa shape index (κ3) is 6.49. The molecule has 9 heteroatoms. The van der Waals surface area contributed by atoms with Crippen LogP contribution in [0.4, 0.5) is 4.79 Å². The maximum absolute atomic E-state index is 14.2. The van der Waals surface area contributed by atoms with Gasteiger partial charge in [-0.25, -0.2) is 4.79 Å².